The summed E-state index contributed by atoms with van der Waals surface area (Å²) in [6, 6.07) is 5.77. The minimum absolute atomic E-state index is 0.0477. The van der Waals surface area contributed by atoms with Crippen LogP contribution in [0.4, 0.5) is 5.82 Å². The molecular formula is C37H53N5O4Si2. The van der Waals surface area contributed by atoms with Gasteiger partial charge in [-0.15, -0.1) is 0 Å². The molecule has 48 heavy (non-hydrogen) atoms. The van der Waals surface area contributed by atoms with E-state index in [2.05, 4.69) is 55.2 Å². The Morgan fingerprint density at radius 2 is 1.56 bits per heavy atom. The van der Waals surface area contributed by atoms with E-state index >= 15 is 0 Å². The molecule has 1 aromatic carbocycles. The quantitative estimate of drug-likeness (QED) is 0.0532. The van der Waals surface area contributed by atoms with E-state index in [4.69, 9.17) is 31.1 Å². The Kier molecular flexibility index (Phi) is 9.77. The molecule has 0 radical (unpaired) electrons. The Balaban J connectivity index is 1.55. The number of hydrogen-bond donors (Lipinski definition) is 0. The summed E-state index contributed by atoms with van der Waals surface area (Å²) in [7, 11) is -1.18. The number of rotatable bonds is 15. The molecule has 0 amide bonds. The van der Waals surface area contributed by atoms with Crippen molar-refractivity contribution in [2.24, 2.45) is 5.92 Å². The van der Waals surface area contributed by atoms with Crippen LogP contribution in [0.3, 0.4) is 0 Å². The second kappa shape index (κ2) is 15.9. The van der Waals surface area contributed by atoms with Crippen molar-refractivity contribution in [1.29, 1.82) is 0 Å². The minimum atomic E-state index is -1.31. The summed E-state index contributed by atoms with van der Waals surface area (Å²) in [6.07, 6.45) is 6.40. The molecule has 1 saturated carbocycles. The largest absolute Gasteiger partial charge is 0.469 e. The maximum absolute atomic E-state index is 12.3. The zero-order chi connectivity index (χ0) is 38.7. The van der Waals surface area contributed by atoms with Crippen LogP contribution in [0.25, 0.3) is 28.0 Å². The predicted octanol–water partition coefficient (Wildman–Crippen LogP) is 8.34. The zero-order valence-electron chi connectivity index (χ0n) is 34.5. The second-order valence-corrected chi connectivity index (χ2v) is 26.3. The molecule has 5 rings (SSSR count). The Morgan fingerprint density at radius 3 is 2.12 bits per heavy atom. The molecule has 1 fully saturated rings. The summed E-state index contributed by atoms with van der Waals surface area (Å²) in [5, 5.41) is 4.82. The Labute approximate surface area is 295 Å². The fraction of sp³-hybridized carbons (Fsp3) is 0.514. The number of esters is 1. The van der Waals surface area contributed by atoms with Gasteiger partial charge in [0.15, 0.2) is 5.65 Å². The number of carbonyl (C=O) groups is 1. The molecule has 1 aliphatic carbocycles. The Morgan fingerprint density at radius 1 is 0.917 bits per heavy atom. The average molecular weight is 693 g/mol. The average Bonchev–Trinajstić information content (AvgIpc) is 3.55. The van der Waals surface area contributed by atoms with Gasteiger partial charge >= 0.3 is 5.97 Å². The SMILES string of the molecule is [2H]c1c([2H])c([2H])c(-c2ccc(-c3cnn4c(N(COCC[Si](C)(C)C)COCC[Si](C)(C)C)cc([C@H]5CC[C@H](C(=O)OC)CC5)nc34)cn2)c([2H])c1[2H]. The smallest absolute Gasteiger partial charge is 0.308 e. The lowest BCUT2D eigenvalue weighted by Crippen LogP contribution is -2.33. The summed E-state index contributed by atoms with van der Waals surface area (Å²) in [4.78, 5) is 24.2. The highest BCUT2D eigenvalue weighted by Gasteiger charge is 2.30. The molecule has 1 aliphatic rings. The molecule has 0 saturated heterocycles. The lowest BCUT2D eigenvalue weighted by molar-refractivity contribution is -0.146. The monoisotopic (exact) mass is 692 g/mol. The second-order valence-electron chi connectivity index (χ2n) is 15.1. The van der Waals surface area contributed by atoms with Gasteiger partial charge in [0.25, 0.3) is 0 Å². The van der Waals surface area contributed by atoms with Crippen molar-refractivity contribution in [3.05, 3.63) is 66.5 Å². The van der Waals surface area contributed by atoms with Crippen LogP contribution in [0.2, 0.25) is 51.4 Å². The number of hydrogen-bond acceptors (Lipinski definition) is 8. The van der Waals surface area contributed by atoms with Gasteiger partial charge in [-0.1, -0.05) is 75.6 Å². The first-order chi connectivity index (χ1) is 25.0. The number of pyridine rings is 1. The first-order valence-corrected chi connectivity index (χ1v) is 24.3. The van der Waals surface area contributed by atoms with Crippen molar-refractivity contribution < 1.29 is 25.9 Å². The molecule has 0 atom stereocenters. The molecule has 0 N–H and O–H groups in total. The number of benzene rings is 1. The standard InChI is InChI=1S/C37H53N5O4Si2/c1-44-37(43)30-15-13-29(14-16-30)34-23-35(41(26-45-19-21-47(2,3)4)27-46-20-22-48(5,6)7)42-36(40-34)32(25-39-42)31-17-18-33(38-24-31)28-11-9-8-10-12-28/h8-12,17-18,23-25,29-30H,13-16,19-22,26-27H2,1-7H3/t29-,30-/i8D,9D,10D,11D,12D. The van der Waals surface area contributed by atoms with Gasteiger partial charge in [-0.25, -0.2) is 4.98 Å². The minimum Gasteiger partial charge on any atom is -0.469 e. The number of fused-ring (bicyclic) bond motifs is 1. The molecule has 3 aromatic heterocycles. The van der Waals surface area contributed by atoms with E-state index in [9.17, 15) is 4.79 Å². The van der Waals surface area contributed by atoms with Crippen molar-refractivity contribution in [2.45, 2.75) is 83.0 Å². The molecule has 0 unspecified atom stereocenters. The van der Waals surface area contributed by atoms with Crippen LogP contribution in [-0.4, -0.2) is 75.5 Å². The molecule has 11 heteroatoms. The van der Waals surface area contributed by atoms with Gasteiger partial charge in [0.05, 0.1) is 31.8 Å². The summed E-state index contributed by atoms with van der Waals surface area (Å²) in [6.45, 7) is 15.9. The van der Waals surface area contributed by atoms with E-state index in [1.807, 2.05) is 10.6 Å². The van der Waals surface area contributed by atoms with Crippen molar-refractivity contribution in [1.82, 2.24) is 19.6 Å². The fourth-order valence-electron chi connectivity index (χ4n) is 5.75. The van der Waals surface area contributed by atoms with Crippen molar-refractivity contribution in [3.63, 3.8) is 0 Å². The summed E-state index contributed by atoms with van der Waals surface area (Å²) in [5.41, 5.74) is 3.29. The number of aromatic nitrogens is 4. The molecular weight excluding hydrogens is 635 g/mol. The van der Waals surface area contributed by atoms with Crippen LogP contribution in [0.15, 0.2) is 60.8 Å². The lowest BCUT2D eigenvalue weighted by atomic mass is 9.80. The Bertz CT molecular complexity index is 1860. The van der Waals surface area contributed by atoms with E-state index in [0.717, 1.165) is 54.8 Å². The maximum atomic E-state index is 12.3. The van der Waals surface area contributed by atoms with Crippen molar-refractivity contribution in [2.75, 3.05) is 38.7 Å². The fourth-order valence-corrected chi connectivity index (χ4v) is 7.26. The van der Waals surface area contributed by atoms with Crippen LogP contribution < -0.4 is 4.90 Å². The summed E-state index contributed by atoms with van der Waals surface area (Å²) >= 11 is 0. The highest BCUT2D eigenvalue weighted by molar-refractivity contribution is 6.76. The van der Waals surface area contributed by atoms with E-state index in [1.165, 1.54) is 7.11 Å². The van der Waals surface area contributed by atoms with Gasteiger partial charge in [-0.2, -0.15) is 9.61 Å². The molecule has 9 nitrogen and oxygen atoms in total. The van der Waals surface area contributed by atoms with Crippen LogP contribution in [0.5, 0.6) is 0 Å². The highest BCUT2D eigenvalue weighted by Crippen LogP contribution is 2.38. The zero-order valence-corrected chi connectivity index (χ0v) is 31.5. The third kappa shape index (κ3) is 9.61. The summed E-state index contributed by atoms with van der Waals surface area (Å²) < 4.78 is 60.4. The summed E-state index contributed by atoms with van der Waals surface area (Å²) in [5.74, 6) is 0.626. The first-order valence-electron chi connectivity index (χ1n) is 19.4. The number of anilines is 1. The highest BCUT2D eigenvalue weighted by atomic mass is 28.3. The molecule has 0 spiro atoms. The number of methoxy groups -OCH3 is 1. The predicted molar refractivity (Wildman–Crippen MR) is 199 cm³/mol. The number of nitrogens with zero attached hydrogens (tertiary/aromatic N) is 5. The van der Waals surface area contributed by atoms with E-state index < -0.39 is 34.3 Å². The Hall–Kier alpha value is -3.39. The van der Waals surface area contributed by atoms with Gasteiger partial charge in [0, 0.05) is 69.9 Å². The third-order valence-corrected chi connectivity index (χ3v) is 12.2. The normalized spacial score (nSPS) is 18.5. The van der Waals surface area contributed by atoms with Gasteiger partial charge in [0.2, 0.25) is 0 Å². The lowest BCUT2D eigenvalue weighted by Gasteiger charge is -2.29. The third-order valence-electron chi connectivity index (χ3n) is 8.79. The van der Waals surface area contributed by atoms with E-state index in [-0.39, 0.29) is 41.1 Å². The van der Waals surface area contributed by atoms with Gasteiger partial charge in [0.1, 0.15) is 19.3 Å². The number of ether oxygens (including phenoxy) is 3. The molecule has 0 aliphatic heterocycles. The molecule has 258 valence electrons. The van der Waals surface area contributed by atoms with Crippen molar-refractivity contribution in [3.8, 4) is 22.4 Å². The van der Waals surface area contributed by atoms with Gasteiger partial charge < -0.3 is 19.1 Å². The van der Waals surface area contributed by atoms with Crippen LogP contribution >= 0.6 is 0 Å². The van der Waals surface area contributed by atoms with E-state index in [1.54, 1.807) is 18.5 Å². The molecule has 0 bridgehead atoms. The first kappa shape index (κ1) is 29.5. The van der Waals surface area contributed by atoms with Gasteiger partial charge in [-0.05, 0) is 43.8 Å². The van der Waals surface area contributed by atoms with Crippen LogP contribution in [0, 0.1) is 5.92 Å². The molecule has 4 aromatic rings. The van der Waals surface area contributed by atoms with E-state index in [0.29, 0.717) is 37.9 Å². The van der Waals surface area contributed by atoms with Crippen LogP contribution in [-0.2, 0) is 19.0 Å². The molecule has 3 heterocycles. The number of carbonyl (C=O) groups excluding carboxylic acids is 1. The van der Waals surface area contributed by atoms with Crippen LogP contribution in [0.1, 0.15) is 44.1 Å². The maximum Gasteiger partial charge on any atom is 0.308 e. The topological polar surface area (TPSA) is 91.1 Å². The van der Waals surface area contributed by atoms with Gasteiger partial charge in [-0.3, -0.25) is 9.78 Å². The van der Waals surface area contributed by atoms with Crippen molar-refractivity contribution >= 4 is 33.6 Å².